The molecule has 1 atom stereocenters. The molecular formula is C22H23ClN4O3. The predicted octanol–water partition coefficient (Wildman–Crippen LogP) is 3.33. The van der Waals surface area contributed by atoms with Crippen LogP contribution in [0.3, 0.4) is 0 Å². The molecule has 2 heterocycles. The first-order valence-electron chi connectivity index (χ1n) is 9.90. The summed E-state index contributed by atoms with van der Waals surface area (Å²) >= 11 is 6.08. The Hall–Kier alpha value is -3.06. The van der Waals surface area contributed by atoms with Crippen LogP contribution in [0.2, 0.25) is 5.02 Å². The first-order chi connectivity index (χ1) is 14.5. The van der Waals surface area contributed by atoms with Crippen LogP contribution < -0.4 is 15.0 Å². The van der Waals surface area contributed by atoms with E-state index in [1.807, 2.05) is 24.3 Å². The number of hydrogen-bond donors (Lipinski definition) is 2. The fourth-order valence-electron chi connectivity index (χ4n) is 3.73. The molecule has 0 spiro atoms. The number of nitrogens with one attached hydrogen (secondary N) is 2. The number of fused-ring (bicyclic) bond motifs is 1. The molecule has 0 radical (unpaired) electrons. The van der Waals surface area contributed by atoms with Crippen LogP contribution in [-0.4, -0.2) is 42.0 Å². The molecular weight excluding hydrogens is 404 g/mol. The van der Waals surface area contributed by atoms with Gasteiger partial charge in [0.05, 0.1) is 29.7 Å². The highest BCUT2D eigenvalue weighted by molar-refractivity contribution is 6.31. The van der Waals surface area contributed by atoms with Gasteiger partial charge in [-0.1, -0.05) is 23.7 Å². The van der Waals surface area contributed by atoms with Gasteiger partial charge in [0.25, 0.3) is 0 Å². The Balaban J connectivity index is 1.30. The van der Waals surface area contributed by atoms with Gasteiger partial charge in [0, 0.05) is 31.0 Å². The number of methoxy groups -OCH3 is 1. The van der Waals surface area contributed by atoms with E-state index in [2.05, 4.69) is 15.3 Å². The molecule has 3 aromatic rings. The zero-order valence-electron chi connectivity index (χ0n) is 16.7. The lowest BCUT2D eigenvalue weighted by Crippen LogP contribution is -2.33. The van der Waals surface area contributed by atoms with Crippen LogP contribution in [0.25, 0.3) is 11.0 Å². The van der Waals surface area contributed by atoms with E-state index < -0.39 is 5.92 Å². The number of rotatable bonds is 7. The number of anilines is 1. The lowest BCUT2D eigenvalue weighted by molar-refractivity contribution is -0.126. The molecule has 0 bridgehead atoms. The lowest BCUT2D eigenvalue weighted by atomic mass is 10.1. The maximum absolute atomic E-state index is 12.6. The third-order valence-corrected chi connectivity index (χ3v) is 5.49. The van der Waals surface area contributed by atoms with E-state index in [1.54, 1.807) is 30.2 Å². The van der Waals surface area contributed by atoms with Crippen molar-refractivity contribution < 1.29 is 14.3 Å². The molecule has 2 aromatic carbocycles. The average molecular weight is 427 g/mol. The van der Waals surface area contributed by atoms with Crippen molar-refractivity contribution in [2.45, 2.75) is 19.3 Å². The molecule has 1 aromatic heterocycles. The van der Waals surface area contributed by atoms with E-state index in [4.69, 9.17) is 16.3 Å². The summed E-state index contributed by atoms with van der Waals surface area (Å²) in [4.78, 5) is 34.5. The van der Waals surface area contributed by atoms with Crippen molar-refractivity contribution in [3.05, 3.63) is 53.3 Å². The highest BCUT2D eigenvalue weighted by Gasteiger charge is 2.36. The highest BCUT2D eigenvalue weighted by Crippen LogP contribution is 2.35. The minimum absolute atomic E-state index is 0.113. The van der Waals surface area contributed by atoms with Gasteiger partial charge >= 0.3 is 0 Å². The number of ether oxygens (including phenoxy) is 1. The Morgan fingerprint density at radius 1 is 1.33 bits per heavy atom. The summed E-state index contributed by atoms with van der Waals surface area (Å²) in [6.45, 7) is 0.839. The van der Waals surface area contributed by atoms with Gasteiger partial charge in [-0.3, -0.25) is 9.59 Å². The number of benzene rings is 2. The van der Waals surface area contributed by atoms with Crippen molar-refractivity contribution in [1.29, 1.82) is 0 Å². The Morgan fingerprint density at radius 3 is 2.97 bits per heavy atom. The standard InChI is InChI=1S/C22H23ClN4O3/c1-30-19-9-8-15(23)12-18(19)27-13-14(11-21(27)28)22(29)24-10-4-7-20-25-16-5-2-3-6-17(16)26-20/h2-3,5-6,8-9,12,14H,4,7,10-11,13H2,1H3,(H,24,29)(H,25,26)/t14-/m1/s1. The number of carbonyl (C=O) groups is 2. The summed E-state index contributed by atoms with van der Waals surface area (Å²) in [7, 11) is 1.54. The van der Waals surface area contributed by atoms with E-state index in [-0.39, 0.29) is 18.2 Å². The molecule has 1 aliphatic heterocycles. The average Bonchev–Trinajstić information content (AvgIpc) is 3.34. The molecule has 2 amide bonds. The van der Waals surface area contributed by atoms with Crippen molar-refractivity contribution in [3.63, 3.8) is 0 Å². The molecule has 2 N–H and O–H groups in total. The summed E-state index contributed by atoms with van der Waals surface area (Å²) in [5.74, 6) is 0.835. The number of aryl methyl sites for hydroxylation is 1. The minimum atomic E-state index is -0.396. The quantitative estimate of drug-likeness (QED) is 0.567. The van der Waals surface area contributed by atoms with Gasteiger partial charge in [-0.05, 0) is 36.8 Å². The van der Waals surface area contributed by atoms with Crippen LogP contribution in [0.1, 0.15) is 18.7 Å². The lowest BCUT2D eigenvalue weighted by Gasteiger charge is -2.19. The van der Waals surface area contributed by atoms with Gasteiger partial charge in [-0.25, -0.2) is 4.98 Å². The van der Waals surface area contributed by atoms with Gasteiger partial charge in [0.2, 0.25) is 11.8 Å². The summed E-state index contributed by atoms with van der Waals surface area (Å²) < 4.78 is 5.34. The van der Waals surface area contributed by atoms with Crippen LogP contribution in [-0.2, 0) is 16.0 Å². The number of aromatic amines is 1. The normalized spacial score (nSPS) is 16.3. The summed E-state index contributed by atoms with van der Waals surface area (Å²) in [5.41, 5.74) is 2.55. The largest absolute Gasteiger partial charge is 0.495 e. The van der Waals surface area contributed by atoms with Crippen molar-refractivity contribution in [2.75, 3.05) is 25.1 Å². The number of amides is 2. The van der Waals surface area contributed by atoms with Crippen molar-refractivity contribution in [1.82, 2.24) is 15.3 Å². The number of para-hydroxylation sites is 2. The van der Waals surface area contributed by atoms with Gasteiger partial charge < -0.3 is 19.9 Å². The third kappa shape index (κ3) is 4.26. The molecule has 0 aliphatic carbocycles. The monoisotopic (exact) mass is 426 g/mol. The fraction of sp³-hybridized carbons (Fsp3) is 0.318. The minimum Gasteiger partial charge on any atom is -0.495 e. The molecule has 1 saturated heterocycles. The Bertz CT molecular complexity index is 1050. The number of H-pyrrole nitrogens is 1. The number of aromatic nitrogens is 2. The number of imidazole rings is 1. The van der Waals surface area contributed by atoms with E-state index in [9.17, 15) is 9.59 Å². The van der Waals surface area contributed by atoms with Gasteiger partial charge in [-0.2, -0.15) is 0 Å². The first-order valence-corrected chi connectivity index (χ1v) is 10.3. The first kappa shape index (κ1) is 20.2. The number of halogens is 1. The fourth-order valence-corrected chi connectivity index (χ4v) is 3.89. The SMILES string of the molecule is COc1ccc(Cl)cc1N1C[C@H](C(=O)NCCCc2nc3ccccc3[nH]2)CC1=O. The Labute approximate surface area is 179 Å². The zero-order chi connectivity index (χ0) is 21.1. The second-order valence-corrected chi connectivity index (χ2v) is 7.75. The maximum Gasteiger partial charge on any atom is 0.227 e. The number of nitrogens with zero attached hydrogens (tertiary/aromatic N) is 2. The van der Waals surface area contributed by atoms with Crippen molar-refractivity contribution >= 4 is 40.1 Å². The van der Waals surface area contributed by atoms with Gasteiger partial charge in [-0.15, -0.1) is 0 Å². The van der Waals surface area contributed by atoms with Crippen LogP contribution >= 0.6 is 11.6 Å². The molecule has 8 heteroatoms. The smallest absolute Gasteiger partial charge is 0.227 e. The molecule has 7 nitrogen and oxygen atoms in total. The van der Waals surface area contributed by atoms with Gasteiger partial charge in [0.1, 0.15) is 11.6 Å². The van der Waals surface area contributed by atoms with E-state index in [1.165, 1.54) is 0 Å². The predicted molar refractivity (Wildman–Crippen MR) is 116 cm³/mol. The van der Waals surface area contributed by atoms with Crippen molar-refractivity contribution in [3.8, 4) is 5.75 Å². The van der Waals surface area contributed by atoms with E-state index in [0.717, 1.165) is 29.7 Å². The molecule has 4 rings (SSSR count). The second-order valence-electron chi connectivity index (χ2n) is 7.32. The van der Waals surface area contributed by atoms with Crippen LogP contribution in [0, 0.1) is 5.92 Å². The Morgan fingerprint density at radius 2 is 2.17 bits per heavy atom. The molecule has 1 fully saturated rings. The van der Waals surface area contributed by atoms with Gasteiger partial charge in [0.15, 0.2) is 0 Å². The molecule has 0 unspecified atom stereocenters. The van der Waals surface area contributed by atoms with Crippen molar-refractivity contribution in [2.24, 2.45) is 5.92 Å². The third-order valence-electron chi connectivity index (χ3n) is 5.26. The second kappa shape index (κ2) is 8.75. The molecule has 0 saturated carbocycles. The van der Waals surface area contributed by atoms with Crippen LogP contribution in [0.15, 0.2) is 42.5 Å². The molecule has 1 aliphatic rings. The summed E-state index contributed by atoms with van der Waals surface area (Å²) in [6.07, 6.45) is 1.67. The maximum atomic E-state index is 12.6. The zero-order valence-corrected chi connectivity index (χ0v) is 17.4. The van der Waals surface area contributed by atoms with Crippen LogP contribution in [0.4, 0.5) is 5.69 Å². The Kier molecular flexibility index (Phi) is 5.90. The molecule has 30 heavy (non-hydrogen) atoms. The summed E-state index contributed by atoms with van der Waals surface area (Å²) in [5, 5.41) is 3.46. The topological polar surface area (TPSA) is 87.3 Å². The van der Waals surface area contributed by atoms with E-state index >= 15 is 0 Å². The summed E-state index contributed by atoms with van der Waals surface area (Å²) in [6, 6.07) is 13.0. The number of hydrogen-bond acceptors (Lipinski definition) is 4. The number of carbonyl (C=O) groups excluding carboxylic acids is 2. The van der Waals surface area contributed by atoms with E-state index in [0.29, 0.717) is 29.5 Å². The highest BCUT2D eigenvalue weighted by atomic mass is 35.5. The molecule has 156 valence electrons. The van der Waals surface area contributed by atoms with Crippen LogP contribution in [0.5, 0.6) is 5.75 Å².